The predicted molar refractivity (Wildman–Crippen MR) is 79.1 cm³/mol. The van der Waals surface area contributed by atoms with Gasteiger partial charge < -0.3 is 4.74 Å². The highest BCUT2D eigenvalue weighted by atomic mass is 35.5. The average Bonchev–Trinajstić information content (AvgIpc) is 2.46. The quantitative estimate of drug-likeness (QED) is 0.748. The van der Waals surface area contributed by atoms with E-state index < -0.39 is 0 Å². The van der Waals surface area contributed by atoms with Gasteiger partial charge in [0.05, 0.1) is 0 Å². The molecular formula is C17H15ClO. The molecule has 0 aromatic heterocycles. The van der Waals surface area contributed by atoms with Crippen molar-refractivity contribution in [3.05, 3.63) is 70.7 Å². The molecule has 2 aromatic carbocycles. The van der Waals surface area contributed by atoms with Gasteiger partial charge >= 0.3 is 0 Å². The van der Waals surface area contributed by atoms with Crippen molar-refractivity contribution < 1.29 is 4.74 Å². The van der Waals surface area contributed by atoms with Gasteiger partial charge in [-0.25, -0.2) is 0 Å². The van der Waals surface area contributed by atoms with E-state index in [1.807, 2.05) is 61.5 Å². The SMILES string of the molecule is CCOC(C#Cc1ccccc1)c1ccc(Cl)cc1. The van der Waals surface area contributed by atoms with E-state index in [9.17, 15) is 0 Å². The van der Waals surface area contributed by atoms with Gasteiger partial charge in [0.15, 0.2) is 0 Å². The Labute approximate surface area is 119 Å². The van der Waals surface area contributed by atoms with Crippen molar-refractivity contribution in [3.8, 4) is 11.8 Å². The summed E-state index contributed by atoms with van der Waals surface area (Å²) in [6.07, 6.45) is -0.220. The number of benzene rings is 2. The highest BCUT2D eigenvalue weighted by Gasteiger charge is 2.07. The molecule has 1 nitrogen and oxygen atoms in total. The van der Waals surface area contributed by atoms with E-state index in [-0.39, 0.29) is 6.10 Å². The van der Waals surface area contributed by atoms with E-state index in [0.717, 1.165) is 16.1 Å². The highest BCUT2D eigenvalue weighted by Crippen LogP contribution is 2.19. The molecule has 0 amide bonds. The molecule has 2 heteroatoms. The Hall–Kier alpha value is -1.75. The van der Waals surface area contributed by atoms with Gasteiger partial charge in [-0.3, -0.25) is 0 Å². The molecule has 0 N–H and O–H groups in total. The molecule has 0 fully saturated rings. The van der Waals surface area contributed by atoms with Crippen molar-refractivity contribution in [1.29, 1.82) is 0 Å². The second-order valence-corrected chi connectivity index (χ2v) is 4.46. The van der Waals surface area contributed by atoms with E-state index in [0.29, 0.717) is 6.61 Å². The largest absolute Gasteiger partial charge is 0.361 e. The lowest BCUT2D eigenvalue weighted by atomic mass is 10.1. The summed E-state index contributed by atoms with van der Waals surface area (Å²) in [5, 5.41) is 0.718. The van der Waals surface area contributed by atoms with Crippen LogP contribution in [0.1, 0.15) is 24.2 Å². The molecule has 96 valence electrons. The van der Waals surface area contributed by atoms with Crippen LogP contribution in [-0.2, 0) is 4.74 Å². The van der Waals surface area contributed by atoms with Gasteiger partial charge in [0.1, 0.15) is 6.10 Å². The van der Waals surface area contributed by atoms with Crippen LogP contribution in [-0.4, -0.2) is 6.61 Å². The van der Waals surface area contributed by atoms with Crippen molar-refractivity contribution in [1.82, 2.24) is 0 Å². The number of halogens is 1. The number of hydrogen-bond acceptors (Lipinski definition) is 1. The topological polar surface area (TPSA) is 9.23 Å². The first-order valence-electron chi connectivity index (χ1n) is 6.23. The van der Waals surface area contributed by atoms with Gasteiger partial charge in [0.25, 0.3) is 0 Å². The number of ether oxygens (including phenoxy) is 1. The highest BCUT2D eigenvalue weighted by molar-refractivity contribution is 6.30. The molecule has 0 aliphatic rings. The Morgan fingerprint density at radius 3 is 2.37 bits per heavy atom. The Balaban J connectivity index is 2.21. The second-order valence-electron chi connectivity index (χ2n) is 4.02. The molecule has 0 saturated carbocycles. The van der Waals surface area contributed by atoms with E-state index in [2.05, 4.69) is 11.8 Å². The summed E-state index contributed by atoms with van der Waals surface area (Å²) in [5.41, 5.74) is 2.01. The first-order chi connectivity index (χ1) is 9.29. The maximum absolute atomic E-state index is 5.89. The number of hydrogen-bond donors (Lipinski definition) is 0. The van der Waals surface area contributed by atoms with E-state index in [1.165, 1.54) is 0 Å². The molecule has 0 bridgehead atoms. The van der Waals surface area contributed by atoms with Crippen LogP contribution >= 0.6 is 11.6 Å². The minimum absolute atomic E-state index is 0.220. The molecule has 0 spiro atoms. The van der Waals surface area contributed by atoms with Crippen molar-refractivity contribution in [2.45, 2.75) is 13.0 Å². The molecule has 2 rings (SSSR count). The zero-order chi connectivity index (χ0) is 13.5. The molecule has 19 heavy (non-hydrogen) atoms. The van der Waals surface area contributed by atoms with Crippen LogP contribution in [0.2, 0.25) is 5.02 Å². The molecule has 2 aromatic rings. The van der Waals surface area contributed by atoms with E-state index in [1.54, 1.807) is 0 Å². The molecule has 0 heterocycles. The summed E-state index contributed by atoms with van der Waals surface area (Å²) in [6.45, 7) is 2.59. The fourth-order valence-corrected chi connectivity index (χ4v) is 1.82. The van der Waals surface area contributed by atoms with Crippen LogP contribution in [0.25, 0.3) is 0 Å². The maximum atomic E-state index is 5.89. The molecule has 0 saturated heterocycles. The summed E-state index contributed by atoms with van der Waals surface area (Å²) in [4.78, 5) is 0. The molecule has 1 atom stereocenters. The van der Waals surface area contributed by atoms with Crippen molar-refractivity contribution in [3.63, 3.8) is 0 Å². The van der Waals surface area contributed by atoms with Gasteiger partial charge in [-0.15, -0.1) is 0 Å². The van der Waals surface area contributed by atoms with Crippen LogP contribution in [0.15, 0.2) is 54.6 Å². The van der Waals surface area contributed by atoms with Gasteiger partial charge in [-0.05, 0) is 36.8 Å². The number of rotatable bonds is 3. The minimum Gasteiger partial charge on any atom is -0.361 e. The third-order valence-electron chi connectivity index (χ3n) is 2.63. The summed E-state index contributed by atoms with van der Waals surface area (Å²) in [7, 11) is 0. The van der Waals surface area contributed by atoms with Crippen molar-refractivity contribution in [2.24, 2.45) is 0 Å². The van der Waals surface area contributed by atoms with Gasteiger partial charge in [0.2, 0.25) is 0 Å². The molecule has 1 unspecified atom stereocenters. The Bertz CT molecular complexity index is 564. The van der Waals surface area contributed by atoms with Gasteiger partial charge in [-0.1, -0.05) is 53.8 Å². The second kappa shape index (κ2) is 6.99. The Morgan fingerprint density at radius 2 is 1.74 bits per heavy atom. The Kier molecular flexibility index (Phi) is 5.03. The Morgan fingerprint density at radius 1 is 1.05 bits per heavy atom. The normalized spacial score (nSPS) is 11.5. The zero-order valence-electron chi connectivity index (χ0n) is 10.8. The maximum Gasteiger partial charge on any atom is 0.143 e. The van der Waals surface area contributed by atoms with Crippen LogP contribution in [0.3, 0.4) is 0 Å². The summed E-state index contributed by atoms with van der Waals surface area (Å²) in [5.74, 6) is 6.29. The van der Waals surface area contributed by atoms with Crippen LogP contribution in [0, 0.1) is 11.8 Å². The molecular weight excluding hydrogens is 256 g/mol. The van der Waals surface area contributed by atoms with Crippen molar-refractivity contribution >= 4 is 11.6 Å². The standard InChI is InChI=1S/C17H15ClO/c1-2-19-17(15-9-11-16(18)12-10-15)13-8-14-6-4-3-5-7-14/h3-7,9-12,17H,2H2,1H3. The predicted octanol–water partition coefficient (Wildman–Crippen LogP) is 4.47. The lowest BCUT2D eigenvalue weighted by Gasteiger charge is -2.11. The lowest BCUT2D eigenvalue weighted by molar-refractivity contribution is 0.103. The first kappa shape index (κ1) is 13.7. The monoisotopic (exact) mass is 270 g/mol. The lowest BCUT2D eigenvalue weighted by Crippen LogP contribution is -2.01. The molecule has 0 radical (unpaired) electrons. The molecule has 0 aliphatic heterocycles. The third kappa shape index (κ3) is 4.13. The summed E-state index contributed by atoms with van der Waals surface area (Å²) < 4.78 is 5.67. The smallest absolute Gasteiger partial charge is 0.143 e. The van der Waals surface area contributed by atoms with Crippen LogP contribution < -0.4 is 0 Å². The van der Waals surface area contributed by atoms with Crippen molar-refractivity contribution in [2.75, 3.05) is 6.61 Å². The molecule has 0 aliphatic carbocycles. The van der Waals surface area contributed by atoms with E-state index >= 15 is 0 Å². The summed E-state index contributed by atoms with van der Waals surface area (Å²) >= 11 is 5.89. The third-order valence-corrected chi connectivity index (χ3v) is 2.88. The average molecular weight is 271 g/mol. The van der Waals surface area contributed by atoms with Gasteiger partial charge in [0, 0.05) is 17.2 Å². The fourth-order valence-electron chi connectivity index (χ4n) is 1.70. The van der Waals surface area contributed by atoms with Crippen LogP contribution in [0.5, 0.6) is 0 Å². The van der Waals surface area contributed by atoms with E-state index in [4.69, 9.17) is 16.3 Å². The van der Waals surface area contributed by atoms with Crippen LogP contribution in [0.4, 0.5) is 0 Å². The zero-order valence-corrected chi connectivity index (χ0v) is 11.5. The minimum atomic E-state index is -0.220. The van der Waals surface area contributed by atoms with Gasteiger partial charge in [-0.2, -0.15) is 0 Å². The fraction of sp³-hybridized carbons (Fsp3) is 0.176. The summed E-state index contributed by atoms with van der Waals surface area (Å²) in [6, 6.07) is 17.5. The first-order valence-corrected chi connectivity index (χ1v) is 6.61.